The molecule has 0 spiro atoms. The van der Waals surface area contributed by atoms with Crippen molar-refractivity contribution in [3.05, 3.63) is 60.4 Å². The van der Waals surface area contributed by atoms with Crippen LogP contribution in [0.2, 0.25) is 0 Å². The van der Waals surface area contributed by atoms with Crippen molar-refractivity contribution < 1.29 is 13.2 Å². The lowest BCUT2D eigenvalue weighted by molar-refractivity contribution is -0.119. The van der Waals surface area contributed by atoms with Gasteiger partial charge in [-0.2, -0.15) is 0 Å². The first-order valence-corrected chi connectivity index (χ1v) is 11.1. The van der Waals surface area contributed by atoms with Gasteiger partial charge in [-0.25, -0.2) is 8.42 Å². The molecule has 1 fully saturated rings. The Balaban J connectivity index is 2.11. The number of hydrogen-bond donors (Lipinski definition) is 1. The quantitative estimate of drug-likeness (QED) is 0.791. The number of aromatic nitrogens is 1. The number of rotatable bonds is 7. The molecule has 2 N–H and O–H groups in total. The van der Waals surface area contributed by atoms with Gasteiger partial charge in [0.2, 0.25) is 5.91 Å². The van der Waals surface area contributed by atoms with Crippen molar-refractivity contribution in [2.45, 2.75) is 48.8 Å². The number of benzene rings is 1. The zero-order valence-corrected chi connectivity index (χ0v) is 16.2. The lowest BCUT2D eigenvalue weighted by Gasteiger charge is -2.42. The third kappa shape index (κ3) is 4.38. The van der Waals surface area contributed by atoms with Crippen LogP contribution in [0.25, 0.3) is 0 Å². The Hall–Kier alpha value is -2.21. The van der Waals surface area contributed by atoms with Crippen LogP contribution in [0.1, 0.15) is 44.1 Å². The second kappa shape index (κ2) is 8.21. The fraction of sp³-hybridized carbons (Fsp3) is 0.429. The molecule has 0 aliphatic heterocycles. The summed E-state index contributed by atoms with van der Waals surface area (Å²) >= 11 is 0. The molecule has 2 aromatic rings. The normalized spacial score (nSPS) is 17.9. The van der Waals surface area contributed by atoms with Crippen molar-refractivity contribution in [3.8, 4) is 0 Å². The van der Waals surface area contributed by atoms with Crippen LogP contribution in [-0.2, 0) is 20.0 Å². The highest BCUT2D eigenvalue weighted by atomic mass is 32.2. The van der Waals surface area contributed by atoms with E-state index in [4.69, 9.17) is 5.73 Å². The van der Waals surface area contributed by atoms with Crippen molar-refractivity contribution in [2.75, 3.05) is 5.75 Å². The number of primary amides is 1. The van der Waals surface area contributed by atoms with E-state index in [1.165, 1.54) is 0 Å². The molecule has 1 unspecified atom stereocenters. The summed E-state index contributed by atoms with van der Waals surface area (Å²) in [5.41, 5.74) is 5.56. The van der Waals surface area contributed by atoms with Crippen LogP contribution in [0.4, 0.5) is 0 Å². The first kappa shape index (κ1) is 19.5. The Morgan fingerprint density at radius 3 is 2.37 bits per heavy atom. The molecule has 1 aliphatic rings. The summed E-state index contributed by atoms with van der Waals surface area (Å²) in [6.07, 6.45) is 8.37. The Morgan fingerprint density at radius 1 is 1.07 bits per heavy atom. The van der Waals surface area contributed by atoms with Crippen LogP contribution in [0.3, 0.4) is 0 Å². The SMILES string of the molecule is NC(=O)CC(CS(=O)(=O)c1ccccc1)(c1cccnc1)C1CCCCC1. The Bertz CT molecular complexity index is 863. The maximum Gasteiger partial charge on any atom is 0.218 e. The molecule has 144 valence electrons. The molecular formula is C21H26N2O3S. The second-order valence-electron chi connectivity index (χ2n) is 7.45. The predicted molar refractivity (Wildman–Crippen MR) is 105 cm³/mol. The first-order chi connectivity index (χ1) is 12.9. The van der Waals surface area contributed by atoms with Gasteiger partial charge in [0.1, 0.15) is 0 Å². The van der Waals surface area contributed by atoms with Gasteiger partial charge >= 0.3 is 0 Å². The fourth-order valence-corrected chi connectivity index (χ4v) is 6.33. The molecule has 6 heteroatoms. The summed E-state index contributed by atoms with van der Waals surface area (Å²) in [6, 6.07) is 12.1. The van der Waals surface area contributed by atoms with Crippen LogP contribution in [-0.4, -0.2) is 25.1 Å². The molecule has 1 atom stereocenters. The van der Waals surface area contributed by atoms with Crippen LogP contribution in [0.5, 0.6) is 0 Å². The van der Waals surface area contributed by atoms with Gasteiger partial charge in [-0.15, -0.1) is 0 Å². The molecule has 3 rings (SSSR count). The molecule has 1 heterocycles. The van der Waals surface area contributed by atoms with E-state index < -0.39 is 21.2 Å². The summed E-state index contributed by atoms with van der Waals surface area (Å²) in [5.74, 6) is -0.530. The van der Waals surface area contributed by atoms with E-state index in [2.05, 4.69) is 4.98 Å². The highest BCUT2D eigenvalue weighted by Crippen LogP contribution is 2.45. The average Bonchev–Trinajstić information content (AvgIpc) is 2.69. The van der Waals surface area contributed by atoms with E-state index in [0.29, 0.717) is 0 Å². The summed E-state index contributed by atoms with van der Waals surface area (Å²) in [4.78, 5) is 16.5. The lowest BCUT2D eigenvalue weighted by Crippen LogP contribution is -2.45. The van der Waals surface area contributed by atoms with Gasteiger partial charge in [0.25, 0.3) is 0 Å². The molecule has 1 aromatic heterocycles. The fourth-order valence-electron chi connectivity index (χ4n) is 4.41. The smallest absolute Gasteiger partial charge is 0.218 e. The van der Waals surface area contributed by atoms with Gasteiger partial charge in [-0.3, -0.25) is 9.78 Å². The summed E-state index contributed by atoms with van der Waals surface area (Å²) < 4.78 is 26.5. The maximum absolute atomic E-state index is 13.3. The van der Waals surface area contributed by atoms with E-state index in [0.717, 1.165) is 37.7 Å². The van der Waals surface area contributed by atoms with Gasteiger partial charge in [-0.1, -0.05) is 43.5 Å². The number of carbonyl (C=O) groups is 1. The van der Waals surface area contributed by atoms with Crippen molar-refractivity contribution >= 4 is 15.7 Å². The van der Waals surface area contributed by atoms with Crippen LogP contribution >= 0.6 is 0 Å². The number of carbonyl (C=O) groups excluding carboxylic acids is 1. The zero-order chi connectivity index (χ0) is 19.3. The van der Waals surface area contributed by atoms with Crippen molar-refractivity contribution in [1.29, 1.82) is 0 Å². The molecule has 0 saturated heterocycles. The van der Waals surface area contributed by atoms with E-state index in [-0.39, 0.29) is 23.0 Å². The molecule has 0 bridgehead atoms. The third-order valence-corrected chi connectivity index (χ3v) is 7.55. The minimum absolute atomic E-state index is 0.00935. The highest BCUT2D eigenvalue weighted by molar-refractivity contribution is 7.91. The summed E-state index contributed by atoms with van der Waals surface area (Å²) in [7, 11) is -3.60. The highest BCUT2D eigenvalue weighted by Gasteiger charge is 2.45. The molecule has 5 nitrogen and oxygen atoms in total. The topological polar surface area (TPSA) is 90.1 Å². The van der Waals surface area contributed by atoms with Crippen LogP contribution in [0, 0.1) is 5.92 Å². The number of nitrogens with two attached hydrogens (primary N) is 1. The number of hydrogen-bond acceptors (Lipinski definition) is 4. The lowest BCUT2D eigenvalue weighted by atomic mass is 9.64. The minimum atomic E-state index is -3.60. The molecule has 0 radical (unpaired) electrons. The van der Waals surface area contributed by atoms with Gasteiger partial charge in [0, 0.05) is 24.2 Å². The molecular weight excluding hydrogens is 360 g/mol. The van der Waals surface area contributed by atoms with E-state index in [1.807, 2.05) is 6.07 Å². The first-order valence-electron chi connectivity index (χ1n) is 9.41. The zero-order valence-electron chi connectivity index (χ0n) is 15.4. The Kier molecular flexibility index (Phi) is 5.95. The molecule has 1 aliphatic carbocycles. The number of pyridine rings is 1. The van der Waals surface area contributed by atoms with Gasteiger partial charge in [0.15, 0.2) is 9.84 Å². The summed E-state index contributed by atoms with van der Waals surface area (Å²) in [5, 5.41) is 0. The minimum Gasteiger partial charge on any atom is -0.370 e. The van der Waals surface area contributed by atoms with Gasteiger partial charge in [-0.05, 0) is 42.5 Å². The van der Waals surface area contributed by atoms with Crippen molar-refractivity contribution in [3.63, 3.8) is 0 Å². The van der Waals surface area contributed by atoms with Gasteiger partial charge in [0.05, 0.1) is 10.6 Å². The number of amides is 1. The second-order valence-corrected chi connectivity index (χ2v) is 9.44. The molecule has 1 saturated carbocycles. The largest absolute Gasteiger partial charge is 0.370 e. The monoisotopic (exact) mass is 386 g/mol. The van der Waals surface area contributed by atoms with E-state index >= 15 is 0 Å². The van der Waals surface area contributed by atoms with E-state index in [9.17, 15) is 13.2 Å². The van der Waals surface area contributed by atoms with Crippen LogP contribution in [0.15, 0.2) is 59.8 Å². The van der Waals surface area contributed by atoms with Crippen LogP contribution < -0.4 is 5.73 Å². The third-order valence-electron chi connectivity index (χ3n) is 5.66. The van der Waals surface area contributed by atoms with Crippen molar-refractivity contribution in [1.82, 2.24) is 4.98 Å². The standard InChI is InChI=1S/C21H26N2O3S/c22-20(24)14-21(17-8-3-1-4-9-17,18-10-7-13-23-15-18)16-27(25,26)19-11-5-2-6-12-19/h2,5-7,10-13,15,17H,1,3-4,8-9,14,16H2,(H2,22,24). The summed E-state index contributed by atoms with van der Waals surface area (Å²) in [6.45, 7) is 0. The Morgan fingerprint density at radius 2 is 1.78 bits per heavy atom. The maximum atomic E-state index is 13.3. The molecule has 27 heavy (non-hydrogen) atoms. The average molecular weight is 387 g/mol. The number of nitrogens with zero attached hydrogens (tertiary/aromatic N) is 1. The molecule has 1 amide bonds. The van der Waals surface area contributed by atoms with Gasteiger partial charge < -0.3 is 5.73 Å². The Labute approximate surface area is 160 Å². The predicted octanol–water partition coefficient (Wildman–Crippen LogP) is 3.25. The number of sulfone groups is 1. The van der Waals surface area contributed by atoms with E-state index in [1.54, 1.807) is 48.8 Å². The van der Waals surface area contributed by atoms with Crippen molar-refractivity contribution in [2.24, 2.45) is 11.7 Å². The molecule has 1 aromatic carbocycles.